The number of sulfonamides is 1. The van der Waals surface area contributed by atoms with E-state index in [1.807, 2.05) is 0 Å². The molecule has 150 valence electrons. The van der Waals surface area contributed by atoms with Crippen LogP contribution in [0, 0.1) is 5.82 Å². The monoisotopic (exact) mass is 496 g/mol. The Morgan fingerprint density at radius 1 is 1.07 bits per heavy atom. The van der Waals surface area contributed by atoms with Crippen LogP contribution in [0.2, 0.25) is 5.02 Å². The summed E-state index contributed by atoms with van der Waals surface area (Å²) >= 11 is 9.16. The lowest BCUT2D eigenvalue weighted by Gasteiger charge is -2.08. The Morgan fingerprint density at radius 3 is 2.45 bits per heavy atom. The normalized spacial score (nSPS) is 11.6. The van der Waals surface area contributed by atoms with E-state index in [2.05, 4.69) is 25.9 Å². The second-order valence-corrected chi connectivity index (χ2v) is 8.86. The van der Waals surface area contributed by atoms with Gasteiger partial charge in [-0.15, -0.1) is 0 Å². The van der Waals surface area contributed by atoms with E-state index >= 15 is 0 Å². The minimum atomic E-state index is -3.80. The molecular weight excluding hydrogens is 483 g/mol. The van der Waals surface area contributed by atoms with Crippen LogP contribution in [-0.2, 0) is 16.6 Å². The molecule has 5 nitrogen and oxygen atoms in total. The largest absolute Gasteiger partial charge is 0.489 e. The Hall–Kier alpha value is -2.42. The summed E-state index contributed by atoms with van der Waals surface area (Å²) in [6.45, 7) is 0.266. The standard InChI is InChI=1S/C20H15BrClFN2O3S/c21-20-10-7-18(28-13-14-1-5-17(23)6-2-14)11-15(20)12-24-25-29(26,27)19-8-3-16(22)4-9-19/h1-12,25H,13H2/b24-12+. The first-order valence-corrected chi connectivity index (χ1v) is 11.0. The minimum absolute atomic E-state index is 0.0505. The van der Waals surface area contributed by atoms with Gasteiger partial charge in [-0.05, 0) is 60.2 Å². The fourth-order valence-electron chi connectivity index (χ4n) is 2.29. The van der Waals surface area contributed by atoms with E-state index in [1.165, 1.54) is 42.6 Å². The van der Waals surface area contributed by atoms with Crippen molar-refractivity contribution in [1.82, 2.24) is 4.83 Å². The Balaban J connectivity index is 1.67. The molecule has 0 radical (unpaired) electrons. The molecule has 29 heavy (non-hydrogen) atoms. The molecule has 0 heterocycles. The molecule has 9 heteroatoms. The summed E-state index contributed by atoms with van der Waals surface area (Å²) < 4.78 is 43.8. The maximum absolute atomic E-state index is 13.0. The van der Waals surface area contributed by atoms with Gasteiger partial charge in [0, 0.05) is 15.1 Å². The lowest BCUT2D eigenvalue weighted by atomic mass is 10.2. The molecule has 3 aromatic rings. The lowest BCUT2D eigenvalue weighted by Crippen LogP contribution is -2.18. The van der Waals surface area contributed by atoms with Gasteiger partial charge in [0.25, 0.3) is 10.0 Å². The fraction of sp³-hybridized carbons (Fsp3) is 0.0500. The zero-order valence-corrected chi connectivity index (χ0v) is 18.0. The van der Waals surface area contributed by atoms with Crippen LogP contribution < -0.4 is 9.57 Å². The number of benzene rings is 3. The Labute approximate surface area is 181 Å². The Kier molecular flexibility index (Phi) is 6.89. The predicted octanol–water partition coefficient (Wildman–Crippen LogP) is 5.13. The van der Waals surface area contributed by atoms with Crippen molar-refractivity contribution >= 4 is 43.8 Å². The summed E-state index contributed by atoms with van der Waals surface area (Å²) in [6, 6.07) is 17.0. The van der Waals surface area contributed by atoms with Crippen molar-refractivity contribution in [2.45, 2.75) is 11.5 Å². The van der Waals surface area contributed by atoms with Gasteiger partial charge in [0.1, 0.15) is 18.2 Å². The molecule has 0 amide bonds. The number of hydrogen-bond acceptors (Lipinski definition) is 4. The molecule has 1 N–H and O–H groups in total. The third kappa shape index (κ3) is 6.03. The summed E-state index contributed by atoms with van der Waals surface area (Å²) in [5, 5.41) is 4.26. The second kappa shape index (κ2) is 9.39. The highest BCUT2D eigenvalue weighted by atomic mass is 79.9. The van der Waals surface area contributed by atoms with E-state index in [0.717, 1.165) is 5.56 Å². The average molecular weight is 498 g/mol. The van der Waals surface area contributed by atoms with Gasteiger partial charge in [0.2, 0.25) is 0 Å². The smallest absolute Gasteiger partial charge is 0.276 e. The van der Waals surface area contributed by atoms with Crippen LogP contribution in [0.3, 0.4) is 0 Å². The maximum atomic E-state index is 13.0. The molecule has 0 bridgehead atoms. The SMILES string of the molecule is O=S(=O)(N/N=C/c1cc(OCc2ccc(F)cc2)ccc1Br)c1ccc(Cl)cc1. The van der Waals surface area contributed by atoms with E-state index in [0.29, 0.717) is 20.8 Å². The third-order valence-electron chi connectivity index (χ3n) is 3.79. The summed E-state index contributed by atoms with van der Waals surface area (Å²) in [4.78, 5) is 2.20. The van der Waals surface area contributed by atoms with E-state index in [4.69, 9.17) is 16.3 Å². The van der Waals surface area contributed by atoms with Crippen LogP contribution in [0.25, 0.3) is 0 Å². The van der Waals surface area contributed by atoms with Crippen LogP contribution in [0.1, 0.15) is 11.1 Å². The lowest BCUT2D eigenvalue weighted by molar-refractivity contribution is 0.306. The number of ether oxygens (including phenoxy) is 1. The minimum Gasteiger partial charge on any atom is -0.489 e. The highest BCUT2D eigenvalue weighted by molar-refractivity contribution is 9.10. The van der Waals surface area contributed by atoms with Crippen LogP contribution in [0.4, 0.5) is 4.39 Å². The molecule has 0 saturated heterocycles. The summed E-state index contributed by atoms with van der Waals surface area (Å²) in [5.74, 6) is 0.247. The average Bonchev–Trinajstić information content (AvgIpc) is 2.70. The maximum Gasteiger partial charge on any atom is 0.276 e. The highest BCUT2D eigenvalue weighted by Gasteiger charge is 2.12. The molecule has 0 atom stereocenters. The number of nitrogens with zero attached hydrogens (tertiary/aromatic N) is 1. The van der Waals surface area contributed by atoms with E-state index in [9.17, 15) is 12.8 Å². The van der Waals surface area contributed by atoms with Gasteiger partial charge in [-0.2, -0.15) is 13.5 Å². The molecule has 0 saturated carbocycles. The Morgan fingerprint density at radius 2 is 1.76 bits per heavy atom. The van der Waals surface area contributed by atoms with E-state index in [1.54, 1.807) is 30.3 Å². The number of halogens is 3. The molecule has 0 aliphatic carbocycles. The van der Waals surface area contributed by atoms with Crippen LogP contribution in [0.15, 0.2) is 81.2 Å². The highest BCUT2D eigenvalue weighted by Crippen LogP contribution is 2.22. The van der Waals surface area contributed by atoms with Crippen LogP contribution in [-0.4, -0.2) is 14.6 Å². The fourth-order valence-corrected chi connectivity index (χ4v) is 3.56. The molecule has 0 spiro atoms. The number of hydrogen-bond donors (Lipinski definition) is 1. The van der Waals surface area contributed by atoms with Gasteiger partial charge in [-0.25, -0.2) is 9.22 Å². The quantitative estimate of drug-likeness (QED) is 0.363. The van der Waals surface area contributed by atoms with Gasteiger partial charge >= 0.3 is 0 Å². The summed E-state index contributed by atoms with van der Waals surface area (Å²) in [7, 11) is -3.80. The molecule has 3 aromatic carbocycles. The molecule has 0 aromatic heterocycles. The van der Waals surface area contributed by atoms with Crippen LogP contribution >= 0.6 is 27.5 Å². The zero-order chi connectivity index (χ0) is 20.9. The molecule has 0 aliphatic heterocycles. The topological polar surface area (TPSA) is 67.8 Å². The van der Waals surface area contributed by atoms with Gasteiger partial charge in [0.15, 0.2) is 0 Å². The molecule has 0 fully saturated rings. The third-order valence-corrected chi connectivity index (χ3v) is 6.00. The molecular formula is C20H15BrClFN2O3S. The first-order valence-electron chi connectivity index (χ1n) is 8.31. The van der Waals surface area contributed by atoms with Crippen molar-refractivity contribution in [1.29, 1.82) is 0 Å². The first kappa shape index (κ1) is 21.3. The summed E-state index contributed by atoms with van der Waals surface area (Å²) in [5.41, 5.74) is 1.43. The van der Waals surface area contributed by atoms with Crippen molar-refractivity contribution in [2.24, 2.45) is 5.10 Å². The van der Waals surface area contributed by atoms with Crippen molar-refractivity contribution in [3.8, 4) is 5.75 Å². The van der Waals surface area contributed by atoms with Gasteiger partial charge in [-0.3, -0.25) is 0 Å². The van der Waals surface area contributed by atoms with Crippen LogP contribution in [0.5, 0.6) is 5.75 Å². The van der Waals surface area contributed by atoms with Crippen molar-refractivity contribution < 1.29 is 17.5 Å². The number of hydrazone groups is 1. The molecule has 0 aliphatic rings. The van der Waals surface area contributed by atoms with E-state index in [-0.39, 0.29) is 17.3 Å². The summed E-state index contributed by atoms with van der Waals surface area (Å²) in [6.07, 6.45) is 1.36. The van der Waals surface area contributed by atoms with E-state index < -0.39 is 10.0 Å². The van der Waals surface area contributed by atoms with Gasteiger partial charge < -0.3 is 4.74 Å². The first-order chi connectivity index (χ1) is 13.8. The van der Waals surface area contributed by atoms with Crippen molar-refractivity contribution in [2.75, 3.05) is 0 Å². The number of rotatable bonds is 7. The van der Waals surface area contributed by atoms with Gasteiger partial charge in [-0.1, -0.05) is 39.7 Å². The van der Waals surface area contributed by atoms with Gasteiger partial charge in [0.05, 0.1) is 11.1 Å². The van der Waals surface area contributed by atoms with Crippen molar-refractivity contribution in [3.63, 3.8) is 0 Å². The second-order valence-electron chi connectivity index (χ2n) is 5.91. The number of nitrogens with one attached hydrogen (secondary N) is 1. The zero-order valence-electron chi connectivity index (χ0n) is 14.8. The molecule has 3 rings (SSSR count). The molecule has 0 unspecified atom stereocenters. The van der Waals surface area contributed by atoms with Crippen molar-refractivity contribution in [3.05, 3.63) is 93.2 Å². The predicted molar refractivity (Wildman–Crippen MR) is 114 cm³/mol. The Bertz CT molecular complexity index is 1120.